The van der Waals surface area contributed by atoms with E-state index in [1.807, 2.05) is 11.3 Å². The highest BCUT2D eigenvalue weighted by atomic mass is 32.1. The van der Waals surface area contributed by atoms with Crippen molar-refractivity contribution in [1.29, 1.82) is 0 Å². The zero-order valence-corrected chi connectivity index (χ0v) is 34.2. The first-order valence-corrected chi connectivity index (χ1v) is 21.8. The molecule has 0 fully saturated rings. The Morgan fingerprint density at radius 2 is 0.850 bits per heavy atom. The third kappa shape index (κ3) is 4.41. The molecular weight excluding hydrogens is 743 g/mol. The molecule has 0 atom stereocenters. The first kappa shape index (κ1) is 33.9. The van der Waals surface area contributed by atoms with E-state index in [0.717, 1.165) is 17.1 Å². The summed E-state index contributed by atoms with van der Waals surface area (Å²) in [4.78, 5) is 2.50. The Hall–Kier alpha value is -7.00. The summed E-state index contributed by atoms with van der Waals surface area (Å²) in [7, 11) is 0. The summed E-state index contributed by atoms with van der Waals surface area (Å²) in [5.41, 5.74) is 21.5. The van der Waals surface area contributed by atoms with Crippen LogP contribution in [0.2, 0.25) is 0 Å². The summed E-state index contributed by atoms with van der Waals surface area (Å²) in [5, 5.41) is 2.64. The van der Waals surface area contributed by atoms with Crippen molar-refractivity contribution < 1.29 is 0 Å². The maximum absolute atomic E-state index is 2.50. The van der Waals surface area contributed by atoms with Gasteiger partial charge in [-0.05, 0) is 120 Å². The average molecular weight is 782 g/mol. The molecule has 9 aromatic carbocycles. The number of thiophene rings is 1. The van der Waals surface area contributed by atoms with Gasteiger partial charge in [-0.15, -0.1) is 11.3 Å². The summed E-state index contributed by atoms with van der Waals surface area (Å²) >= 11 is 1.89. The molecule has 1 nitrogen and oxygen atoms in total. The van der Waals surface area contributed by atoms with Gasteiger partial charge in [-0.2, -0.15) is 0 Å². The molecule has 0 radical (unpaired) electrons. The monoisotopic (exact) mass is 781 g/mol. The number of nitrogens with zero attached hydrogens (tertiary/aromatic N) is 1. The lowest BCUT2D eigenvalue weighted by molar-refractivity contribution is 0.660. The molecule has 2 heteroatoms. The summed E-state index contributed by atoms with van der Waals surface area (Å²) < 4.78 is 2.65. The van der Waals surface area contributed by atoms with Gasteiger partial charge in [0, 0.05) is 42.6 Å². The van der Waals surface area contributed by atoms with E-state index in [2.05, 4.69) is 219 Å². The first-order valence-electron chi connectivity index (χ1n) is 21.0. The molecule has 1 aromatic heterocycles. The van der Waals surface area contributed by atoms with Gasteiger partial charge in [0.05, 0.1) is 5.41 Å². The van der Waals surface area contributed by atoms with Crippen molar-refractivity contribution in [3.63, 3.8) is 0 Å². The molecule has 0 aliphatic heterocycles. The number of benzene rings is 9. The van der Waals surface area contributed by atoms with E-state index in [-0.39, 0.29) is 10.8 Å². The molecule has 1 spiro atoms. The van der Waals surface area contributed by atoms with Crippen LogP contribution in [0.25, 0.3) is 64.7 Å². The fraction of sp³-hybridized carbons (Fsp3) is 0.0690. The second kappa shape index (κ2) is 12.3. The van der Waals surface area contributed by atoms with Crippen molar-refractivity contribution in [2.75, 3.05) is 4.90 Å². The van der Waals surface area contributed by atoms with Crippen LogP contribution in [0.15, 0.2) is 200 Å². The minimum Gasteiger partial charge on any atom is -0.310 e. The van der Waals surface area contributed by atoms with Crippen LogP contribution in [0.1, 0.15) is 47.2 Å². The highest BCUT2D eigenvalue weighted by Gasteiger charge is 2.51. The smallest absolute Gasteiger partial charge is 0.0725 e. The molecule has 1 heterocycles. The van der Waals surface area contributed by atoms with E-state index in [4.69, 9.17) is 0 Å². The lowest BCUT2D eigenvalue weighted by Gasteiger charge is -2.31. The minimum absolute atomic E-state index is 0.126. The minimum atomic E-state index is -0.380. The van der Waals surface area contributed by atoms with Crippen LogP contribution >= 0.6 is 11.3 Å². The lowest BCUT2D eigenvalue weighted by atomic mass is 9.70. The normalized spacial score (nSPS) is 14.4. The number of fused-ring (bicyclic) bond motifs is 16. The summed E-state index contributed by atoms with van der Waals surface area (Å²) in [5.74, 6) is 0. The van der Waals surface area contributed by atoms with Crippen molar-refractivity contribution in [1.82, 2.24) is 0 Å². The average Bonchev–Trinajstić information content (AvgIpc) is 3.99. The Morgan fingerprint density at radius 3 is 1.58 bits per heavy atom. The fourth-order valence-corrected chi connectivity index (χ4v) is 12.5. The van der Waals surface area contributed by atoms with Crippen LogP contribution in [0.5, 0.6) is 0 Å². The Morgan fingerprint density at radius 1 is 0.350 bits per heavy atom. The Bertz CT molecular complexity index is 3390. The molecular formula is C58H39NS. The molecule has 0 saturated carbocycles. The van der Waals surface area contributed by atoms with Crippen LogP contribution in [0.3, 0.4) is 0 Å². The third-order valence-corrected chi connectivity index (χ3v) is 15.1. The first-order chi connectivity index (χ1) is 29.5. The molecule has 282 valence electrons. The van der Waals surface area contributed by atoms with Crippen molar-refractivity contribution >= 4 is 48.6 Å². The number of anilines is 3. The molecule has 3 aliphatic carbocycles. The Kier molecular flexibility index (Phi) is 6.94. The van der Waals surface area contributed by atoms with Crippen LogP contribution in [-0.4, -0.2) is 0 Å². The van der Waals surface area contributed by atoms with Gasteiger partial charge in [0.25, 0.3) is 0 Å². The molecule has 0 N–H and O–H groups in total. The highest BCUT2D eigenvalue weighted by Crippen LogP contribution is 2.63. The molecule has 0 amide bonds. The summed E-state index contributed by atoms with van der Waals surface area (Å²) in [6, 6.07) is 75.4. The van der Waals surface area contributed by atoms with E-state index in [9.17, 15) is 0 Å². The van der Waals surface area contributed by atoms with E-state index in [1.54, 1.807) is 0 Å². The largest absolute Gasteiger partial charge is 0.310 e. The van der Waals surface area contributed by atoms with Crippen LogP contribution < -0.4 is 4.90 Å². The van der Waals surface area contributed by atoms with Crippen LogP contribution in [-0.2, 0) is 10.8 Å². The molecule has 0 unspecified atom stereocenters. The van der Waals surface area contributed by atoms with Crippen LogP contribution in [0.4, 0.5) is 17.1 Å². The van der Waals surface area contributed by atoms with Gasteiger partial charge < -0.3 is 4.90 Å². The molecule has 0 bridgehead atoms. The predicted octanol–water partition coefficient (Wildman–Crippen LogP) is 15.8. The van der Waals surface area contributed by atoms with Crippen molar-refractivity contribution in [2.45, 2.75) is 24.7 Å². The van der Waals surface area contributed by atoms with E-state index < -0.39 is 0 Å². The topological polar surface area (TPSA) is 3.24 Å². The van der Waals surface area contributed by atoms with E-state index in [0.29, 0.717) is 0 Å². The number of hydrogen-bond acceptors (Lipinski definition) is 2. The van der Waals surface area contributed by atoms with Crippen molar-refractivity contribution in [2.24, 2.45) is 0 Å². The SMILES string of the molecule is CC1(C)c2ccccc2-c2ccc(N(c3cccc(-c4cccc5c4sc4ccccc45)c3)c3ccc4c(c3)-c3ccccc3C43c4ccccc4-c4ccccc43)cc21. The predicted molar refractivity (Wildman–Crippen MR) is 253 cm³/mol. The second-order valence-electron chi connectivity index (χ2n) is 17.2. The van der Waals surface area contributed by atoms with Gasteiger partial charge in [0.1, 0.15) is 0 Å². The van der Waals surface area contributed by atoms with Gasteiger partial charge >= 0.3 is 0 Å². The van der Waals surface area contributed by atoms with Gasteiger partial charge in [-0.3, -0.25) is 0 Å². The summed E-state index contributed by atoms with van der Waals surface area (Å²) in [6.07, 6.45) is 0. The van der Waals surface area contributed by atoms with Gasteiger partial charge in [0.15, 0.2) is 0 Å². The molecule has 60 heavy (non-hydrogen) atoms. The molecule has 13 rings (SSSR count). The molecule has 3 aliphatic rings. The van der Waals surface area contributed by atoms with E-state index >= 15 is 0 Å². The van der Waals surface area contributed by atoms with Gasteiger partial charge in [0.2, 0.25) is 0 Å². The Balaban J connectivity index is 1.04. The summed E-state index contributed by atoms with van der Waals surface area (Å²) in [6.45, 7) is 4.75. The van der Waals surface area contributed by atoms with Crippen molar-refractivity contribution in [3.8, 4) is 44.5 Å². The maximum Gasteiger partial charge on any atom is 0.0725 e. The van der Waals surface area contributed by atoms with Crippen LogP contribution in [0, 0.1) is 0 Å². The molecule has 0 saturated heterocycles. The number of hydrogen-bond donors (Lipinski definition) is 0. The van der Waals surface area contributed by atoms with Gasteiger partial charge in [-0.25, -0.2) is 0 Å². The fourth-order valence-electron chi connectivity index (χ4n) is 11.3. The maximum atomic E-state index is 2.50. The zero-order valence-electron chi connectivity index (χ0n) is 33.4. The lowest BCUT2D eigenvalue weighted by Crippen LogP contribution is -2.25. The quantitative estimate of drug-likeness (QED) is 0.172. The van der Waals surface area contributed by atoms with E-state index in [1.165, 1.54) is 98.1 Å². The highest BCUT2D eigenvalue weighted by molar-refractivity contribution is 7.26. The van der Waals surface area contributed by atoms with Crippen molar-refractivity contribution in [3.05, 3.63) is 234 Å². The second-order valence-corrected chi connectivity index (χ2v) is 18.2. The van der Waals surface area contributed by atoms with Gasteiger partial charge in [-0.1, -0.05) is 172 Å². The number of rotatable bonds is 4. The zero-order chi connectivity index (χ0) is 39.7. The molecule has 10 aromatic rings. The third-order valence-electron chi connectivity index (χ3n) is 13.9. The standard InChI is InChI=1S/C58H39NS/c1-57(2)49-24-8-3-17-41(49)45-31-29-39(35-54(45)57)59(37-16-13-15-36(33-37)40-22-14-23-47-46-21-7-12-28-55(46)60-56(40)47)38-30-32-53-48(34-38)44-20-6-11-27-52(44)58(53)50-25-9-4-18-42(50)43-19-5-10-26-51(43)58/h3-35H,1-2H3. The Labute approximate surface area is 354 Å².